The van der Waals surface area contributed by atoms with Crippen molar-refractivity contribution >= 4 is 49.9 Å². The van der Waals surface area contributed by atoms with Crippen LogP contribution in [0.5, 0.6) is 0 Å². The van der Waals surface area contributed by atoms with Gasteiger partial charge in [0.25, 0.3) is 0 Å². The van der Waals surface area contributed by atoms with Crippen molar-refractivity contribution in [3.05, 3.63) is 44.6 Å². The summed E-state index contributed by atoms with van der Waals surface area (Å²) in [5.41, 5.74) is 3.32. The van der Waals surface area contributed by atoms with Gasteiger partial charge in [-0.25, -0.2) is 9.97 Å². The second-order valence-electron chi connectivity index (χ2n) is 4.86. The minimum atomic E-state index is 0.584. The first-order valence-corrected chi connectivity index (χ1v) is 8.99. The van der Waals surface area contributed by atoms with E-state index in [9.17, 15) is 0 Å². The summed E-state index contributed by atoms with van der Waals surface area (Å²) < 4.78 is 3.33. The number of aryl methyl sites for hydroxylation is 4. The number of halogens is 2. The fourth-order valence-electron chi connectivity index (χ4n) is 2.42. The van der Waals surface area contributed by atoms with Gasteiger partial charge in [-0.05, 0) is 25.1 Å². The molecule has 2 aromatic heterocycles. The Kier molecular flexibility index (Phi) is 4.62. The van der Waals surface area contributed by atoms with Crippen molar-refractivity contribution in [1.29, 1.82) is 0 Å². The normalized spacial score (nSPS) is 11.4. The molecule has 0 atom stereocenters. The summed E-state index contributed by atoms with van der Waals surface area (Å²) in [6, 6.07) is 6.18. The maximum Gasteiger partial charge on any atom is 0.111 e. The summed E-state index contributed by atoms with van der Waals surface area (Å²) in [6.07, 6.45) is 1.70. The minimum Gasteiger partial charge on any atom is -0.328 e. The molecule has 0 unspecified atom stereocenters. The van der Waals surface area contributed by atoms with Gasteiger partial charge in [-0.2, -0.15) is 0 Å². The van der Waals surface area contributed by atoms with Gasteiger partial charge in [0.05, 0.1) is 21.7 Å². The third kappa shape index (κ3) is 3.30. The zero-order valence-electron chi connectivity index (χ0n) is 11.6. The van der Waals surface area contributed by atoms with Crippen molar-refractivity contribution in [1.82, 2.24) is 14.5 Å². The Labute approximate surface area is 141 Å². The van der Waals surface area contributed by atoms with Crippen molar-refractivity contribution in [2.45, 2.75) is 26.3 Å². The molecule has 0 aliphatic rings. The highest BCUT2D eigenvalue weighted by Gasteiger charge is 2.11. The van der Waals surface area contributed by atoms with E-state index in [1.165, 1.54) is 0 Å². The number of imidazole rings is 1. The Hall–Kier alpha value is -0.910. The van der Waals surface area contributed by atoms with E-state index in [-0.39, 0.29) is 0 Å². The summed E-state index contributed by atoms with van der Waals surface area (Å²) in [5, 5.41) is 3.25. The van der Waals surface area contributed by atoms with Gasteiger partial charge in [-0.15, -0.1) is 22.9 Å². The van der Waals surface area contributed by atoms with Gasteiger partial charge in [0, 0.05) is 35.1 Å². The fourth-order valence-corrected chi connectivity index (χ4v) is 3.59. The number of nitrogens with zero attached hydrogens (tertiary/aromatic N) is 3. The molecule has 110 valence electrons. The fraction of sp³-hybridized carbons (Fsp3) is 0.333. The SMILES string of the molecule is Cc1nc(CCn2c(CCCl)nc3ccc(Br)cc32)cs1. The van der Waals surface area contributed by atoms with E-state index in [1.807, 2.05) is 19.1 Å². The summed E-state index contributed by atoms with van der Waals surface area (Å²) in [7, 11) is 0. The van der Waals surface area contributed by atoms with E-state index in [0.29, 0.717) is 5.88 Å². The van der Waals surface area contributed by atoms with E-state index in [4.69, 9.17) is 16.6 Å². The van der Waals surface area contributed by atoms with Crippen molar-refractivity contribution in [3.8, 4) is 0 Å². The molecule has 3 rings (SSSR count). The summed E-state index contributed by atoms with van der Waals surface area (Å²) in [4.78, 5) is 9.23. The van der Waals surface area contributed by atoms with Crippen molar-refractivity contribution < 1.29 is 0 Å². The van der Waals surface area contributed by atoms with Crippen molar-refractivity contribution in [2.75, 3.05) is 5.88 Å². The molecule has 3 nitrogen and oxygen atoms in total. The lowest BCUT2D eigenvalue weighted by Crippen LogP contribution is -2.07. The molecule has 2 heterocycles. The highest BCUT2D eigenvalue weighted by atomic mass is 79.9. The van der Waals surface area contributed by atoms with E-state index < -0.39 is 0 Å². The van der Waals surface area contributed by atoms with Gasteiger partial charge >= 0.3 is 0 Å². The van der Waals surface area contributed by atoms with Crippen LogP contribution < -0.4 is 0 Å². The summed E-state index contributed by atoms with van der Waals surface area (Å²) >= 11 is 11.1. The molecule has 3 aromatic rings. The number of alkyl halides is 1. The lowest BCUT2D eigenvalue weighted by molar-refractivity contribution is 0.667. The van der Waals surface area contributed by atoms with Crippen LogP contribution in [0.4, 0.5) is 0 Å². The Balaban J connectivity index is 1.94. The molecule has 0 N–H and O–H groups in total. The molecular weight excluding hydrogens is 370 g/mol. The maximum absolute atomic E-state index is 5.91. The number of aromatic nitrogens is 3. The molecule has 0 saturated carbocycles. The first kappa shape index (κ1) is 15.0. The van der Waals surface area contributed by atoms with Crippen molar-refractivity contribution in [3.63, 3.8) is 0 Å². The number of thiazole rings is 1. The second-order valence-corrected chi connectivity index (χ2v) is 7.22. The van der Waals surface area contributed by atoms with Crippen LogP contribution in [0.15, 0.2) is 28.1 Å². The topological polar surface area (TPSA) is 30.7 Å². The lowest BCUT2D eigenvalue weighted by Gasteiger charge is -2.07. The van der Waals surface area contributed by atoms with Gasteiger partial charge in [0.15, 0.2) is 0 Å². The molecular formula is C15H15BrClN3S. The van der Waals surface area contributed by atoms with Crippen LogP contribution in [0.3, 0.4) is 0 Å². The third-order valence-corrected chi connectivity index (χ3v) is 4.87. The van der Waals surface area contributed by atoms with Gasteiger partial charge in [-0.1, -0.05) is 15.9 Å². The molecule has 21 heavy (non-hydrogen) atoms. The minimum absolute atomic E-state index is 0.584. The van der Waals surface area contributed by atoms with E-state index in [2.05, 4.69) is 36.9 Å². The maximum atomic E-state index is 5.91. The Morgan fingerprint density at radius 1 is 1.29 bits per heavy atom. The van der Waals surface area contributed by atoms with Gasteiger partial charge < -0.3 is 4.57 Å². The molecule has 0 aliphatic carbocycles. The number of rotatable bonds is 5. The molecule has 0 fully saturated rings. The zero-order chi connectivity index (χ0) is 14.8. The largest absolute Gasteiger partial charge is 0.328 e. The average Bonchev–Trinajstić information content (AvgIpc) is 3.01. The van der Waals surface area contributed by atoms with Crippen LogP contribution in [0.2, 0.25) is 0 Å². The molecule has 1 aromatic carbocycles. The first-order valence-electron chi connectivity index (χ1n) is 6.79. The summed E-state index contributed by atoms with van der Waals surface area (Å²) in [5.74, 6) is 1.63. The first-order chi connectivity index (χ1) is 10.2. The van der Waals surface area contributed by atoms with E-state index in [0.717, 1.165) is 51.4 Å². The molecule has 0 saturated heterocycles. The predicted molar refractivity (Wildman–Crippen MR) is 92.4 cm³/mol. The molecule has 6 heteroatoms. The molecule has 0 bridgehead atoms. The molecule has 0 amide bonds. The third-order valence-electron chi connectivity index (χ3n) is 3.37. The smallest absolute Gasteiger partial charge is 0.111 e. The van der Waals surface area contributed by atoms with E-state index in [1.54, 1.807) is 11.3 Å². The average molecular weight is 385 g/mol. The predicted octanol–water partition coefficient (Wildman–Crippen LogP) is 4.59. The number of hydrogen-bond donors (Lipinski definition) is 0. The van der Waals surface area contributed by atoms with Gasteiger partial charge in [-0.3, -0.25) is 0 Å². The van der Waals surface area contributed by atoms with E-state index >= 15 is 0 Å². The summed E-state index contributed by atoms with van der Waals surface area (Å²) in [6.45, 7) is 2.92. The molecule has 0 spiro atoms. The van der Waals surface area contributed by atoms with Crippen LogP contribution >= 0.6 is 38.9 Å². The monoisotopic (exact) mass is 383 g/mol. The second kappa shape index (κ2) is 6.46. The molecule has 0 aliphatic heterocycles. The molecule has 0 radical (unpaired) electrons. The Bertz CT molecular complexity index is 765. The van der Waals surface area contributed by atoms with Crippen LogP contribution in [0.1, 0.15) is 16.5 Å². The number of fused-ring (bicyclic) bond motifs is 1. The van der Waals surface area contributed by atoms with Crippen LogP contribution in [-0.4, -0.2) is 20.4 Å². The van der Waals surface area contributed by atoms with Crippen LogP contribution in [0.25, 0.3) is 11.0 Å². The number of benzene rings is 1. The van der Waals surface area contributed by atoms with Gasteiger partial charge in [0.1, 0.15) is 5.82 Å². The number of hydrogen-bond acceptors (Lipinski definition) is 3. The zero-order valence-corrected chi connectivity index (χ0v) is 14.8. The Morgan fingerprint density at radius 2 is 2.14 bits per heavy atom. The highest BCUT2D eigenvalue weighted by molar-refractivity contribution is 9.10. The lowest BCUT2D eigenvalue weighted by atomic mass is 10.3. The van der Waals surface area contributed by atoms with Crippen LogP contribution in [-0.2, 0) is 19.4 Å². The Morgan fingerprint density at radius 3 is 2.86 bits per heavy atom. The van der Waals surface area contributed by atoms with Gasteiger partial charge in [0.2, 0.25) is 0 Å². The van der Waals surface area contributed by atoms with Crippen LogP contribution in [0, 0.1) is 6.92 Å². The van der Waals surface area contributed by atoms with Crippen molar-refractivity contribution in [2.24, 2.45) is 0 Å². The standard InChI is InChI=1S/C15H15BrClN3S/c1-10-18-12(9-21-10)5-7-20-14-8-11(16)2-3-13(14)19-15(20)4-6-17/h2-3,8-9H,4-7H2,1H3. The highest BCUT2D eigenvalue weighted by Crippen LogP contribution is 2.22. The quantitative estimate of drug-likeness (QED) is 0.602.